The molecule has 34 heavy (non-hydrogen) atoms. The number of rotatable bonds is 5. The van der Waals surface area contributed by atoms with Crippen molar-refractivity contribution in [3.63, 3.8) is 0 Å². The summed E-state index contributed by atoms with van der Waals surface area (Å²) in [5, 5.41) is 0. The Kier molecular flexibility index (Phi) is 6.04. The van der Waals surface area contributed by atoms with Gasteiger partial charge in [-0.3, -0.25) is 0 Å². The molecule has 0 saturated heterocycles. The van der Waals surface area contributed by atoms with E-state index in [-0.39, 0.29) is 12.7 Å². The van der Waals surface area contributed by atoms with Crippen LogP contribution in [0.4, 0.5) is 4.79 Å². The molecule has 3 heterocycles. The Morgan fingerprint density at radius 3 is 2.62 bits per heavy atom. The fraction of sp³-hybridized carbons (Fsp3) is 0.214. The van der Waals surface area contributed by atoms with Crippen molar-refractivity contribution < 1.29 is 14.3 Å². The minimum atomic E-state index is -0.276. The molecule has 0 unspecified atom stereocenters. The third-order valence-corrected chi connectivity index (χ3v) is 6.16. The maximum Gasteiger partial charge on any atom is 0.410 e. The van der Waals surface area contributed by atoms with Crippen LogP contribution in [0.3, 0.4) is 0 Å². The first-order valence-corrected chi connectivity index (χ1v) is 11.4. The Balaban J connectivity index is 1.32. The van der Waals surface area contributed by atoms with Crippen molar-refractivity contribution in [2.24, 2.45) is 0 Å². The van der Waals surface area contributed by atoms with Crippen LogP contribution in [-0.2, 0) is 11.3 Å². The molecule has 0 aliphatic carbocycles. The zero-order chi connectivity index (χ0) is 23.5. The van der Waals surface area contributed by atoms with E-state index in [2.05, 4.69) is 29.7 Å². The summed E-state index contributed by atoms with van der Waals surface area (Å²) in [6, 6.07) is 19.8. The van der Waals surface area contributed by atoms with Crippen molar-refractivity contribution >= 4 is 17.3 Å². The van der Waals surface area contributed by atoms with Gasteiger partial charge in [0.2, 0.25) is 0 Å². The van der Waals surface area contributed by atoms with E-state index >= 15 is 0 Å². The van der Waals surface area contributed by atoms with Crippen molar-refractivity contribution in [1.29, 1.82) is 0 Å². The van der Waals surface area contributed by atoms with Gasteiger partial charge in [0.15, 0.2) is 0 Å². The van der Waals surface area contributed by atoms with Gasteiger partial charge in [-0.2, -0.15) is 0 Å². The summed E-state index contributed by atoms with van der Waals surface area (Å²) in [4.78, 5) is 19.1. The third-order valence-electron chi connectivity index (χ3n) is 6.16. The number of benzene rings is 2. The molecule has 4 aromatic rings. The summed E-state index contributed by atoms with van der Waals surface area (Å²) in [6.45, 7) is 3.54. The first-order chi connectivity index (χ1) is 16.6. The lowest BCUT2D eigenvalue weighted by Crippen LogP contribution is -2.35. The molecule has 0 spiro atoms. The zero-order valence-corrected chi connectivity index (χ0v) is 19.4. The second-order valence-electron chi connectivity index (χ2n) is 8.43. The van der Waals surface area contributed by atoms with E-state index in [1.54, 1.807) is 12.0 Å². The Hall–Kier alpha value is -4.06. The normalized spacial score (nSPS) is 13.6. The molecular weight excluding hydrogens is 426 g/mol. The summed E-state index contributed by atoms with van der Waals surface area (Å²) >= 11 is 0. The minimum Gasteiger partial charge on any atom is -0.496 e. The number of methoxy groups -OCH3 is 1. The number of ether oxygens (including phenoxy) is 2. The molecule has 0 saturated carbocycles. The molecule has 0 radical (unpaired) electrons. The van der Waals surface area contributed by atoms with E-state index in [9.17, 15) is 4.79 Å². The van der Waals surface area contributed by atoms with Crippen molar-refractivity contribution in [3.05, 3.63) is 95.8 Å². The molecule has 0 atom stereocenters. The first-order valence-electron chi connectivity index (χ1n) is 11.4. The van der Waals surface area contributed by atoms with Crippen LogP contribution < -0.4 is 4.74 Å². The quantitative estimate of drug-likeness (QED) is 0.386. The Bertz CT molecular complexity index is 1360. The molecule has 0 fully saturated rings. The van der Waals surface area contributed by atoms with Gasteiger partial charge in [0.1, 0.15) is 18.0 Å². The number of carbonyl (C=O) groups is 1. The van der Waals surface area contributed by atoms with Gasteiger partial charge in [-0.25, -0.2) is 9.78 Å². The predicted molar refractivity (Wildman–Crippen MR) is 133 cm³/mol. The molecule has 0 N–H and O–H groups in total. The number of imidazole rings is 1. The van der Waals surface area contributed by atoms with Crippen LogP contribution in [0.15, 0.2) is 79.1 Å². The number of para-hydroxylation sites is 1. The first kappa shape index (κ1) is 21.8. The summed E-state index contributed by atoms with van der Waals surface area (Å²) in [6.07, 6.45) is 6.77. The maximum absolute atomic E-state index is 12.5. The van der Waals surface area contributed by atoms with Gasteiger partial charge in [-0.15, -0.1) is 0 Å². The van der Waals surface area contributed by atoms with Crippen LogP contribution in [0.25, 0.3) is 22.5 Å². The van der Waals surface area contributed by atoms with E-state index in [1.807, 2.05) is 60.8 Å². The highest BCUT2D eigenvalue weighted by Crippen LogP contribution is 2.31. The van der Waals surface area contributed by atoms with Crippen LogP contribution in [0.5, 0.6) is 5.75 Å². The fourth-order valence-electron chi connectivity index (χ4n) is 4.34. The van der Waals surface area contributed by atoms with Gasteiger partial charge in [-0.05, 0) is 53.8 Å². The SMILES string of the molecule is COc1ccccc1-c1cn2cc(C3=CCN(C(=O)OCc4ccccc4)CC3)cc(C)c2n1. The average molecular weight is 454 g/mol. The topological polar surface area (TPSA) is 56.1 Å². The number of pyridine rings is 1. The number of hydrogen-bond acceptors (Lipinski definition) is 4. The summed E-state index contributed by atoms with van der Waals surface area (Å²) in [7, 11) is 1.67. The number of aromatic nitrogens is 2. The lowest BCUT2D eigenvalue weighted by Gasteiger charge is -2.26. The second-order valence-corrected chi connectivity index (χ2v) is 8.43. The number of amides is 1. The Morgan fingerprint density at radius 1 is 1.06 bits per heavy atom. The van der Waals surface area contributed by atoms with Crippen LogP contribution in [0.1, 0.15) is 23.1 Å². The molecule has 6 nitrogen and oxygen atoms in total. The van der Waals surface area contributed by atoms with E-state index in [0.717, 1.165) is 45.8 Å². The zero-order valence-electron chi connectivity index (χ0n) is 19.4. The lowest BCUT2D eigenvalue weighted by molar-refractivity contribution is 0.0998. The summed E-state index contributed by atoms with van der Waals surface area (Å²) in [5.74, 6) is 0.804. The largest absolute Gasteiger partial charge is 0.496 e. The van der Waals surface area contributed by atoms with E-state index in [0.29, 0.717) is 13.1 Å². The molecule has 2 aromatic heterocycles. The standard InChI is InChI=1S/C28H27N3O3/c1-20-16-23(17-31-18-25(29-27(20)31)24-10-6-7-11-26(24)33-2)22-12-14-30(15-13-22)28(32)34-19-21-8-4-3-5-9-21/h3-12,16-18H,13-15,19H2,1-2H3. The summed E-state index contributed by atoms with van der Waals surface area (Å²) in [5.41, 5.74) is 7.23. The van der Waals surface area contributed by atoms with E-state index in [4.69, 9.17) is 14.5 Å². The molecule has 1 aliphatic rings. The van der Waals surface area contributed by atoms with Gasteiger partial charge in [0.05, 0.1) is 12.8 Å². The highest BCUT2D eigenvalue weighted by atomic mass is 16.6. The predicted octanol–water partition coefficient (Wildman–Crippen LogP) is 5.74. The van der Waals surface area contributed by atoms with Crippen LogP contribution in [0.2, 0.25) is 0 Å². The molecule has 5 rings (SSSR count). The lowest BCUT2D eigenvalue weighted by atomic mass is 10.00. The summed E-state index contributed by atoms with van der Waals surface area (Å²) < 4.78 is 13.1. The van der Waals surface area contributed by atoms with Gasteiger partial charge in [0, 0.05) is 31.0 Å². The second kappa shape index (κ2) is 9.43. The minimum absolute atomic E-state index is 0.276. The third kappa shape index (κ3) is 4.39. The number of fused-ring (bicyclic) bond motifs is 1. The van der Waals surface area contributed by atoms with Gasteiger partial charge >= 0.3 is 6.09 Å². The monoisotopic (exact) mass is 453 g/mol. The van der Waals surface area contributed by atoms with Crippen molar-refractivity contribution in [1.82, 2.24) is 14.3 Å². The van der Waals surface area contributed by atoms with E-state index < -0.39 is 0 Å². The van der Waals surface area contributed by atoms with Crippen molar-refractivity contribution in [2.45, 2.75) is 20.0 Å². The van der Waals surface area contributed by atoms with E-state index in [1.165, 1.54) is 5.57 Å². The van der Waals surface area contributed by atoms with Gasteiger partial charge < -0.3 is 18.8 Å². The van der Waals surface area contributed by atoms with Crippen molar-refractivity contribution in [3.8, 4) is 17.0 Å². The Labute approximate surface area is 199 Å². The van der Waals surface area contributed by atoms with Gasteiger partial charge in [0.25, 0.3) is 0 Å². The average Bonchev–Trinajstić information content (AvgIpc) is 3.33. The molecule has 172 valence electrons. The number of aryl methyl sites for hydroxylation is 1. The van der Waals surface area contributed by atoms with Crippen LogP contribution in [0, 0.1) is 6.92 Å². The molecule has 1 amide bonds. The fourth-order valence-corrected chi connectivity index (χ4v) is 4.34. The molecular formula is C28H27N3O3. The molecule has 2 aromatic carbocycles. The van der Waals surface area contributed by atoms with Crippen LogP contribution in [-0.4, -0.2) is 40.6 Å². The highest BCUT2D eigenvalue weighted by molar-refractivity contribution is 5.75. The molecule has 1 aliphatic heterocycles. The number of nitrogens with zero attached hydrogens (tertiary/aromatic N) is 3. The highest BCUT2D eigenvalue weighted by Gasteiger charge is 2.20. The van der Waals surface area contributed by atoms with Gasteiger partial charge in [-0.1, -0.05) is 48.5 Å². The maximum atomic E-state index is 12.5. The Morgan fingerprint density at radius 2 is 1.85 bits per heavy atom. The molecule has 6 heteroatoms. The van der Waals surface area contributed by atoms with Crippen LogP contribution >= 0.6 is 0 Å². The van der Waals surface area contributed by atoms with Crippen molar-refractivity contribution in [2.75, 3.05) is 20.2 Å². The number of carbonyl (C=O) groups excluding carboxylic acids is 1. The number of hydrogen-bond donors (Lipinski definition) is 0. The smallest absolute Gasteiger partial charge is 0.410 e. The molecule has 0 bridgehead atoms.